The molecule has 0 aliphatic heterocycles. The van der Waals surface area contributed by atoms with Crippen LogP contribution in [0.4, 0.5) is 10.5 Å². The van der Waals surface area contributed by atoms with Gasteiger partial charge in [0, 0.05) is 18.3 Å². The molecule has 2 amide bonds. The number of aromatic nitrogens is 1. The number of methoxy groups -OCH3 is 1. The molecule has 3 rings (SSSR count). The van der Waals surface area contributed by atoms with Crippen molar-refractivity contribution in [3.63, 3.8) is 0 Å². The number of ether oxygens (including phenoxy) is 3. The molecule has 208 valence electrons. The van der Waals surface area contributed by atoms with Crippen LogP contribution in [-0.4, -0.2) is 55.2 Å². The monoisotopic (exact) mass is 557 g/mol. The zero-order chi connectivity index (χ0) is 28.2. The first-order chi connectivity index (χ1) is 18.8. The van der Waals surface area contributed by atoms with Crippen LogP contribution in [0, 0.1) is 6.92 Å². The number of nitrogens with one attached hydrogen (secondary N) is 2. The van der Waals surface area contributed by atoms with E-state index in [1.165, 1.54) is 4.57 Å². The van der Waals surface area contributed by atoms with Crippen molar-refractivity contribution in [1.82, 2.24) is 9.88 Å². The van der Waals surface area contributed by atoms with Gasteiger partial charge in [0.15, 0.2) is 5.69 Å². The largest absolute Gasteiger partial charge is 0.489 e. The van der Waals surface area contributed by atoms with Crippen molar-refractivity contribution in [3.8, 4) is 5.75 Å². The topological polar surface area (TPSA) is 128 Å². The number of hydrogen-bond donors (Lipinski definition) is 3. The number of nitrogens with zero attached hydrogens (tertiary/aromatic N) is 1. The first-order valence-corrected chi connectivity index (χ1v) is 12.7. The Morgan fingerprint density at radius 2 is 1.74 bits per heavy atom. The number of urea groups is 1. The summed E-state index contributed by atoms with van der Waals surface area (Å²) < 4.78 is 17.5. The van der Waals surface area contributed by atoms with Crippen LogP contribution in [0.3, 0.4) is 0 Å². The number of carboxylic acids is 1. The summed E-state index contributed by atoms with van der Waals surface area (Å²) in [5.74, 6) is -0.939. The minimum atomic E-state index is -1.08. The summed E-state index contributed by atoms with van der Waals surface area (Å²) in [6, 6.07) is 14.3. The molecule has 11 heteroatoms. The molecule has 1 heterocycles. The third-order valence-electron chi connectivity index (χ3n) is 5.74. The number of carbonyl (C=O) groups excluding carboxylic acids is 1. The molecule has 0 saturated carbocycles. The quantitative estimate of drug-likeness (QED) is 0.253. The summed E-state index contributed by atoms with van der Waals surface area (Å²) in [5, 5.41) is 15.1. The molecular weight excluding hydrogens is 526 g/mol. The molecule has 0 fully saturated rings. The molecule has 1 atom stereocenters. The zero-order valence-corrected chi connectivity index (χ0v) is 22.6. The molecule has 0 spiro atoms. The van der Waals surface area contributed by atoms with E-state index in [1.807, 2.05) is 25.1 Å². The van der Waals surface area contributed by atoms with Gasteiger partial charge in [-0.05, 0) is 30.2 Å². The van der Waals surface area contributed by atoms with Gasteiger partial charge in [0.1, 0.15) is 12.4 Å². The summed E-state index contributed by atoms with van der Waals surface area (Å²) in [6.07, 6.45) is 1.21. The fourth-order valence-electron chi connectivity index (χ4n) is 3.72. The van der Waals surface area contributed by atoms with Gasteiger partial charge in [-0.25, -0.2) is 4.79 Å². The highest BCUT2D eigenvalue weighted by molar-refractivity contribution is 6.31. The van der Waals surface area contributed by atoms with Crippen LogP contribution in [0.15, 0.2) is 65.6 Å². The lowest BCUT2D eigenvalue weighted by molar-refractivity contribution is -0.137. The fourth-order valence-corrected chi connectivity index (χ4v) is 3.91. The lowest BCUT2D eigenvalue weighted by Gasteiger charge is -2.19. The molecule has 39 heavy (non-hydrogen) atoms. The number of anilines is 1. The van der Waals surface area contributed by atoms with Crippen LogP contribution < -0.4 is 20.9 Å². The van der Waals surface area contributed by atoms with Gasteiger partial charge >= 0.3 is 12.0 Å². The maximum Gasteiger partial charge on any atom is 0.319 e. The number of amides is 2. The number of benzene rings is 2. The summed E-state index contributed by atoms with van der Waals surface area (Å²) >= 11 is 6.28. The molecule has 0 radical (unpaired) electrons. The molecular formula is C28H32ClN3O7. The second kappa shape index (κ2) is 14.9. The molecule has 0 aliphatic carbocycles. The van der Waals surface area contributed by atoms with Gasteiger partial charge in [-0.15, -0.1) is 0 Å². The normalized spacial score (nSPS) is 11.6. The summed E-state index contributed by atoms with van der Waals surface area (Å²) in [6.45, 7) is 3.26. The van der Waals surface area contributed by atoms with Gasteiger partial charge < -0.3 is 34.5 Å². The molecule has 0 saturated heterocycles. The van der Waals surface area contributed by atoms with Crippen molar-refractivity contribution >= 4 is 29.3 Å². The van der Waals surface area contributed by atoms with Crippen molar-refractivity contribution < 1.29 is 28.9 Å². The van der Waals surface area contributed by atoms with E-state index in [-0.39, 0.29) is 37.6 Å². The van der Waals surface area contributed by atoms with Gasteiger partial charge in [-0.1, -0.05) is 59.6 Å². The molecule has 3 N–H and O–H groups in total. The summed E-state index contributed by atoms with van der Waals surface area (Å²) in [4.78, 5) is 38.0. The van der Waals surface area contributed by atoms with E-state index in [0.717, 1.165) is 11.1 Å². The van der Waals surface area contributed by atoms with Crippen LogP contribution in [0.25, 0.3) is 0 Å². The van der Waals surface area contributed by atoms with Gasteiger partial charge in [0.25, 0.3) is 5.56 Å². The van der Waals surface area contributed by atoms with Gasteiger partial charge in [-0.3, -0.25) is 9.59 Å². The predicted octanol–water partition coefficient (Wildman–Crippen LogP) is 4.24. The second-order valence-electron chi connectivity index (χ2n) is 8.69. The third-order valence-corrected chi connectivity index (χ3v) is 6.11. The maximum absolute atomic E-state index is 13.4. The molecule has 0 unspecified atom stereocenters. The molecule has 10 nitrogen and oxygen atoms in total. The number of aliphatic carboxylic acids is 1. The molecule has 2 aromatic carbocycles. The number of pyridine rings is 1. The predicted molar refractivity (Wildman–Crippen MR) is 148 cm³/mol. The van der Waals surface area contributed by atoms with E-state index in [2.05, 4.69) is 10.6 Å². The lowest BCUT2D eigenvalue weighted by atomic mass is 10.0. The Morgan fingerprint density at radius 1 is 1.03 bits per heavy atom. The SMILES string of the molecule is COCCOCCOc1ccn(Cc2ccccc2Cl)c(=O)c1NC(=O)N[C@@H](CC(=O)O)c1ccc(C)cc1. The van der Waals surface area contributed by atoms with Crippen molar-refractivity contribution in [2.75, 3.05) is 38.9 Å². The van der Waals surface area contributed by atoms with Crippen molar-refractivity contribution in [3.05, 3.63) is 92.9 Å². The number of hydrogen-bond acceptors (Lipinski definition) is 6. The molecule has 0 bridgehead atoms. The Bertz CT molecular complexity index is 1310. The van der Waals surface area contributed by atoms with E-state index >= 15 is 0 Å². The third kappa shape index (κ3) is 9.13. The van der Waals surface area contributed by atoms with Crippen LogP contribution in [-0.2, 0) is 20.8 Å². The number of rotatable bonds is 14. The van der Waals surface area contributed by atoms with E-state index in [1.54, 1.807) is 49.7 Å². The number of carbonyl (C=O) groups is 2. The summed E-state index contributed by atoms with van der Waals surface area (Å²) in [7, 11) is 1.57. The van der Waals surface area contributed by atoms with E-state index in [0.29, 0.717) is 23.8 Å². The van der Waals surface area contributed by atoms with Gasteiger partial charge in [0.2, 0.25) is 0 Å². The Hall–Kier alpha value is -3.86. The van der Waals surface area contributed by atoms with Gasteiger partial charge in [0.05, 0.1) is 38.8 Å². The number of halogens is 1. The fraction of sp³-hybridized carbons (Fsp3) is 0.321. The molecule has 3 aromatic rings. The minimum absolute atomic E-state index is 0.100. The highest BCUT2D eigenvalue weighted by Crippen LogP contribution is 2.23. The van der Waals surface area contributed by atoms with E-state index < -0.39 is 23.6 Å². The molecule has 1 aromatic heterocycles. The zero-order valence-electron chi connectivity index (χ0n) is 21.8. The van der Waals surface area contributed by atoms with E-state index in [4.69, 9.17) is 25.8 Å². The second-order valence-corrected chi connectivity index (χ2v) is 9.10. The lowest BCUT2D eigenvalue weighted by Crippen LogP contribution is -2.36. The van der Waals surface area contributed by atoms with Crippen molar-refractivity contribution in [1.29, 1.82) is 0 Å². The summed E-state index contributed by atoms with van der Waals surface area (Å²) in [5.41, 5.74) is 1.71. The van der Waals surface area contributed by atoms with Crippen LogP contribution in [0.2, 0.25) is 5.02 Å². The average Bonchev–Trinajstić information content (AvgIpc) is 2.90. The van der Waals surface area contributed by atoms with Crippen molar-refractivity contribution in [2.24, 2.45) is 0 Å². The Labute approximate surface area is 231 Å². The van der Waals surface area contributed by atoms with Gasteiger partial charge in [-0.2, -0.15) is 0 Å². The smallest absolute Gasteiger partial charge is 0.319 e. The average molecular weight is 558 g/mol. The first-order valence-electron chi connectivity index (χ1n) is 12.3. The Kier molecular flexibility index (Phi) is 11.4. The minimum Gasteiger partial charge on any atom is -0.489 e. The van der Waals surface area contributed by atoms with Crippen LogP contribution >= 0.6 is 11.6 Å². The highest BCUT2D eigenvalue weighted by atomic mass is 35.5. The number of carboxylic acid groups (broad SMARTS) is 1. The van der Waals surface area contributed by atoms with Crippen LogP contribution in [0.5, 0.6) is 5.75 Å². The Balaban J connectivity index is 1.83. The Morgan fingerprint density at radius 3 is 2.44 bits per heavy atom. The molecule has 0 aliphatic rings. The standard InChI is InChI=1S/C28H32ClN3O7/c1-19-7-9-20(10-8-19)23(17-25(33)34)30-28(36)31-26-24(39-16-15-38-14-13-37-2)11-12-32(27(26)35)18-21-5-3-4-6-22(21)29/h3-12,23H,13-18H2,1-2H3,(H,33,34)(H2,30,31,36)/t23-/m0/s1. The highest BCUT2D eigenvalue weighted by Gasteiger charge is 2.21. The maximum atomic E-state index is 13.4. The number of aryl methyl sites for hydroxylation is 1. The van der Waals surface area contributed by atoms with E-state index in [9.17, 15) is 19.5 Å². The van der Waals surface area contributed by atoms with Crippen LogP contribution in [0.1, 0.15) is 29.2 Å². The van der Waals surface area contributed by atoms with Crippen molar-refractivity contribution in [2.45, 2.75) is 25.9 Å². The first kappa shape index (κ1) is 29.7.